The molecule has 1 heterocycles. The second kappa shape index (κ2) is 4.22. The predicted molar refractivity (Wildman–Crippen MR) is 54.1 cm³/mol. The van der Waals surface area contributed by atoms with Crippen molar-refractivity contribution in [3.63, 3.8) is 0 Å². The van der Waals surface area contributed by atoms with Crippen LogP contribution in [-0.2, 0) is 6.18 Å². The van der Waals surface area contributed by atoms with Crippen molar-refractivity contribution in [1.29, 1.82) is 0 Å². The zero-order valence-corrected chi connectivity index (χ0v) is 9.55. The molecule has 0 aliphatic carbocycles. The third kappa shape index (κ3) is 1.84. The second-order valence-electron chi connectivity index (χ2n) is 3.96. The zero-order chi connectivity index (χ0) is 15.4. The van der Waals surface area contributed by atoms with Crippen LogP contribution in [0.4, 0.5) is 30.7 Å². The fourth-order valence-electron chi connectivity index (χ4n) is 1.85. The number of hydrogen-bond donors (Lipinski definition) is 1. The summed E-state index contributed by atoms with van der Waals surface area (Å²) in [5.41, 5.74) is -5.57. The van der Waals surface area contributed by atoms with Crippen molar-refractivity contribution in [3.05, 3.63) is 44.7 Å². The molecule has 0 saturated carbocycles. The molecule has 108 valence electrons. The van der Waals surface area contributed by atoms with Crippen molar-refractivity contribution in [2.75, 3.05) is 0 Å². The maximum absolute atomic E-state index is 13.5. The molecule has 2 rings (SSSR count). The SMILES string of the molecule is Cc1c(C(F)(F)F)c2c(F)c(F)c(F)c(F)c2[nH]c1=O. The molecule has 2 aromatic rings. The maximum Gasteiger partial charge on any atom is 0.417 e. The molecule has 0 atom stereocenters. The normalized spacial score (nSPS) is 12.2. The van der Waals surface area contributed by atoms with Gasteiger partial charge in [-0.15, -0.1) is 0 Å². The van der Waals surface area contributed by atoms with E-state index >= 15 is 0 Å². The van der Waals surface area contributed by atoms with Crippen LogP contribution < -0.4 is 5.56 Å². The molecule has 0 aliphatic heterocycles. The molecule has 1 aromatic heterocycles. The van der Waals surface area contributed by atoms with Crippen molar-refractivity contribution in [1.82, 2.24) is 4.98 Å². The molecule has 1 N–H and O–H groups in total. The van der Waals surface area contributed by atoms with Crippen LogP contribution in [0.1, 0.15) is 11.1 Å². The van der Waals surface area contributed by atoms with E-state index in [4.69, 9.17) is 0 Å². The minimum Gasteiger partial charge on any atom is -0.319 e. The van der Waals surface area contributed by atoms with Crippen LogP contribution in [0.3, 0.4) is 0 Å². The van der Waals surface area contributed by atoms with E-state index < -0.39 is 57.0 Å². The number of nitrogens with one attached hydrogen (secondary N) is 1. The van der Waals surface area contributed by atoms with E-state index in [0.29, 0.717) is 6.92 Å². The molecule has 2 nitrogen and oxygen atoms in total. The third-order valence-electron chi connectivity index (χ3n) is 2.75. The van der Waals surface area contributed by atoms with Gasteiger partial charge in [0.1, 0.15) is 0 Å². The summed E-state index contributed by atoms with van der Waals surface area (Å²) in [6, 6.07) is 0. The summed E-state index contributed by atoms with van der Waals surface area (Å²) in [7, 11) is 0. The fraction of sp³-hybridized carbons (Fsp3) is 0.182. The first-order valence-corrected chi connectivity index (χ1v) is 5.03. The Morgan fingerprint density at radius 3 is 1.90 bits per heavy atom. The van der Waals surface area contributed by atoms with Gasteiger partial charge in [-0.05, 0) is 6.92 Å². The van der Waals surface area contributed by atoms with E-state index in [1.807, 2.05) is 0 Å². The molecule has 0 fully saturated rings. The highest BCUT2D eigenvalue weighted by molar-refractivity contribution is 5.85. The molecule has 0 aliphatic rings. The van der Waals surface area contributed by atoms with Crippen molar-refractivity contribution in [2.45, 2.75) is 13.1 Å². The number of alkyl halides is 3. The number of rotatable bonds is 0. The van der Waals surface area contributed by atoms with E-state index in [9.17, 15) is 35.5 Å². The summed E-state index contributed by atoms with van der Waals surface area (Å²) in [5, 5.41) is -1.55. The van der Waals surface area contributed by atoms with Crippen LogP contribution in [0.5, 0.6) is 0 Å². The molecule has 0 unspecified atom stereocenters. The summed E-state index contributed by atoms with van der Waals surface area (Å²) < 4.78 is 91.5. The highest BCUT2D eigenvalue weighted by atomic mass is 19.4. The lowest BCUT2D eigenvalue weighted by Crippen LogP contribution is -2.21. The number of aromatic nitrogens is 1. The van der Waals surface area contributed by atoms with Gasteiger partial charge in [0, 0.05) is 5.56 Å². The predicted octanol–water partition coefficient (Wildman–Crippen LogP) is 3.41. The van der Waals surface area contributed by atoms with Crippen LogP contribution in [0, 0.1) is 30.2 Å². The Kier molecular flexibility index (Phi) is 3.03. The quantitative estimate of drug-likeness (QED) is 0.451. The van der Waals surface area contributed by atoms with E-state index in [1.165, 1.54) is 0 Å². The maximum atomic E-state index is 13.5. The van der Waals surface area contributed by atoms with Crippen molar-refractivity contribution in [3.8, 4) is 0 Å². The van der Waals surface area contributed by atoms with Crippen LogP contribution in [0.2, 0.25) is 0 Å². The Hall–Kier alpha value is -2.06. The highest BCUT2D eigenvalue weighted by Crippen LogP contribution is 2.38. The topological polar surface area (TPSA) is 32.9 Å². The van der Waals surface area contributed by atoms with Gasteiger partial charge in [-0.3, -0.25) is 4.79 Å². The molecule has 20 heavy (non-hydrogen) atoms. The number of aromatic amines is 1. The Morgan fingerprint density at radius 1 is 0.900 bits per heavy atom. The zero-order valence-electron chi connectivity index (χ0n) is 9.55. The van der Waals surface area contributed by atoms with E-state index in [1.54, 1.807) is 4.98 Å². The van der Waals surface area contributed by atoms with E-state index in [2.05, 4.69) is 0 Å². The molecular weight excluding hydrogens is 295 g/mol. The van der Waals surface area contributed by atoms with Gasteiger partial charge in [0.25, 0.3) is 5.56 Å². The molecular formula is C11H4F7NO. The summed E-state index contributed by atoms with van der Waals surface area (Å²) in [6.07, 6.45) is -5.24. The van der Waals surface area contributed by atoms with Gasteiger partial charge >= 0.3 is 6.18 Å². The largest absolute Gasteiger partial charge is 0.417 e. The first-order chi connectivity index (χ1) is 9.07. The first kappa shape index (κ1) is 14.4. The summed E-state index contributed by atoms with van der Waals surface area (Å²) in [4.78, 5) is 12.9. The molecule has 0 saturated heterocycles. The Balaban J connectivity index is 3.21. The average molecular weight is 299 g/mol. The van der Waals surface area contributed by atoms with E-state index in [-0.39, 0.29) is 0 Å². The molecule has 0 bridgehead atoms. The number of H-pyrrole nitrogens is 1. The average Bonchev–Trinajstić information content (AvgIpc) is 2.34. The van der Waals surface area contributed by atoms with Crippen molar-refractivity contribution < 1.29 is 30.7 Å². The Morgan fingerprint density at radius 2 is 1.40 bits per heavy atom. The smallest absolute Gasteiger partial charge is 0.319 e. The molecule has 1 aromatic carbocycles. The van der Waals surface area contributed by atoms with Crippen LogP contribution in [0.15, 0.2) is 4.79 Å². The first-order valence-electron chi connectivity index (χ1n) is 5.03. The lowest BCUT2D eigenvalue weighted by Gasteiger charge is -2.14. The van der Waals surface area contributed by atoms with Gasteiger partial charge in [0.2, 0.25) is 0 Å². The number of pyridine rings is 1. The monoisotopic (exact) mass is 299 g/mol. The summed E-state index contributed by atoms with van der Waals surface area (Å²) in [6.45, 7) is 0.708. The molecule has 0 spiro atoms. The molecule has 0 amide bonds. The van der Waals surface area contributed by atoms with Gasteiger partial charge < -0.3 is 4.98 Å². The lowest BCUT2D eigenvalue weighted by molar-refractivity contribution is -0.137. The Labute approximate surface area is 105 Å². The van der Waals surface area contributed by atoms with E-state index in [0.717, 1.165) is 0 Å². The minimum atomic E-state index is -5.24. The van der Waals surface area contributed by atoms with Gasteiger partial charge in [0.05, 0.1) is 16.5 Å². The number of hydrogen-bond acceptors (Lipinski definition) is 1. The fourth-order valence-corrected chi connectivity index (χ4v) is 1.85. The standard InChI is InChI=1S/C11H4F7NO/c1-2-4(11(16,17)18)3-5(12)6(13)7(14)8(15)9(3)19-10(2)20/h1H3,(H,19,20). The van der Waals surface area contributed by atoms with Gasteiger partial charge in [0.15, 0.2) is 23.3 Å². The Bertz CT molecular complexity index is 775. The van der Waals surface area contributed by atoms with Gasteiger partial charge in [-0.25, -0.2) is 17.6 Å². The van der Waals surface area contributed by atoms with Crippen molar-refractivity contribution >= 4 is 10.9 Å². The number of fused-ring (bicyclic) bond motifs is 1. The lowest BCUT2D eigenvalue weighted by atomic mass is 10.0. The van der Waals surface area contributed by atoms with Crippen LogP contribution in [-0.4, -0.2) is 4.98 Å². The number of benzene rings is 1. The van der Waals surface area contributed by atoms with Gasteiger partial charge in [-0.2, -0.15) is 13.2 Å². The summed E-state index contributed by atoms with van der Waals surface area (Å²) in [5.74, 6) is -9.00. The minimum absolute atomic E-state index is 0.708. The second-order valence-corrected chi connectivity index (χ2v) is 3.96. The van der Waals surface area contributed by atoms with Crippen LogP contribution >= 0.6 is 0 Å². The van der Waals surface area contributed by atoms with Crippen molar-refractivity contribution in [2.24, 2.45) is 0 Å². The van der Waals surface area contributed by atoms with Crippen LogP contribution in [0.25, 0.3) is 10.9 Å². The summed E-state index contributed by atoms with van der Waals surface area (Å²) >= 11 is 0. The third-order valence-corrected chi connectivity index (χ3v) is 2.75. The highest BCUT2D eigenvalue weighted by Gasteiger charge is 2.39. The van der Waals surface area contributed by atoms with Gasteiger partial charge in [-0.1, -0.05) is 0 Å². The molecule has 0 radical (unpaired) electrons. The molecule has 9 heteroatoms. The number of halogens is 7.